The molecule has 0 aromatic heterocycles. The molecular formula is C14H23Cl2N. The van der Waals surface area contributed by atoms with Crippen LogP contribution >= 0.6 is 24.0 Å². The van der Waals surface area contributed by atoms with Crippen molar-refractivity contribution < 1.29 is 0 Å². The van der Waals surface area contributed by atoms with Gasteiger partial charge in [0.05, 0.1) is 0 Å². The molecule has 0 radical (unpaired) electrons. The van der Waals surface area contributed by atoms with E-state index < -0.39 is 0 Å². The van der Waals surface area contributed by atoms with Gasteiger partial charge in [-0.3, -0.25) is 0 Å². The van der Waals surface area contributed by atoms with Crippen molar-refractivity contribution in [3.63, 3.8) is 0 Å². The molecule has 0 spiro atoms. The number of hydrogen-bond donors (Lipinski definition) is 0. The summed E-state index contributed by atoms with van der Waals surface area (Å²) >= 11 is 5.79. The standard InChI is InChI=1S/C14H22ClN.ClH/c1-16(2)12-10-14(9-6-11-15)13-7-4-3-5-8-13;/h3-5,7-8,14H,6,9-12H2,1-2H3;1H. The van der Waals surface area contributed by atoms with Crippen molar-refractivity contribution in [1.29, 1.82) is 0 Å². The molecule has 0 N–H and O–H groups in total. The molecule has 98 valence electrons. The van der Waals surface area contributed by atoms with Crippen LogP contribution < -0.4 is 0 Å². The van der Waals surface area contributed by atoms with Crippen LogP contribution in [0, 0.1) is 0 Å². The molecule has 1 nitrogen and oxygen atoms in total. The first-order valence-electron chi connectivity index (χ1n) is 5.99. The Kier molecular flexibility index (Phi) is 9.62. The van der Waals surface area contributed by atoms with Gasteiger partial charge in [-0.2, -0.15) is 0 Å². The van der Waals surface area contributed by atoms with Gasteiger partial charge in [-0.15, -0.1) is 24.0 Å². The van der Waals surface area contributed by atoms with Crippen LogP contribution in [0.2, 0.25) is 0 Å². The lowest BCUT2D eigenvalue weighted by Gasteiger charge is -2.19. The molecule has 0 saturated heterocycles. The Balaban J connectivity index is 0.00000256. The van der Waals surface area contributed by atoms with E-state index in [1.54, 1.807) is 0 Å². The van der Waals surface area contributed by atoms with Crippen LogP contribution in [0.5, 0.6) is 0 Å². The van der Waals surface area contributed by atoms with E-state index >= 15 is 0 Å². The van der Waals surface area contributed by atoms with Crippen LogP contribution in [-0.2, 0) is 0 Å². The first-order chi connectivity index (χ1) is 7.74. The zero-order valence-corrected chi connectivity index (χ0v) is 12.3. The SMILES string of the molecule is CN(C)CCC(CCCCl)c1ccccc1.Cl. The molecule has 17 heavy (non-hydrogen) atoms. The van der Waals surface area contributed by atoms with Gasteiger partial charge in [-0.05, 0) is 51.4 Å². The van der Waals surface area contributed by atoms with Gasteiger partial charge in [0.2, 0.25) is 0 Å². The average molecular weight is 276 g/mol. The van der Waals surface area contributed by atoms with Gasteiger partial charge in [-0.1, -0.05) is 30.3 Å². The van der Waals surface area contributed by atoms with Crippen molar-refractivity contribution in [2.45, 2.75) is 25.2 Å². The van der Waals surface area contributed by atoms with Gasteiger partial charge in [0.15, 0.2) is 0 Å². The molecular weight excluding hydrogens is 253 g/mol. The third-order valence-corrected chi connectivity index (χ3v) is 3.15. The van der Waals surface area contributed by atoms with Crippen molar-refractivity contribution in [3.8, 4) is 0 Å². The van der Waals surface area contributed by atoms with E-state index in [1.807, 2.05) is 0 Å². The molecule has 1 atom stereocenters. The number of halogens is 2. The number of hydrogen-bond acceptors (Lipinski definition) is 1. The lowest BCUT2D eigenvalue weighted by Crippen LogP contribution is -2.16. The molecule has 1 aromatic rings. The van der Waals surface area contributed by atoms with E-state index in [9.17, 15) is 0 Å². The Hall–Kier alpha value is -0.240. The molecule has 0 fully saturated rings. The highest BCUT2D eigenvalue weighted by Crippen LogP contribution is 2.25. The van der Waals surface area contributed by atoms with Crippen LogP contribution in [0.3, 0.4) is 0 Å². The summed E-state index contributed by atoms with van der Waals surface area (Å²) in [4.78, 5) is 2.25. The molecule has 0 aliphatic carbocycles. The normalized spacial score (nSPS) is 12.2. The molecule has 0 aliphatic rings. The minimum Gasteiger partial charge on any atom is -0.309 e. The smallest absolute Gasteiger partial charge is 0.0223 e. The van der Waals surface area contributed by atoms with Gasteiger partial charge in [-0.25, -0.2) is 0 Å². The second-order valence-corrected chi connectivity index (χ2v) is 4.91. The number of rotatable bonds is 7. The Morgan fingerprint density at radius 3 is 2.29 bits per heavy atom. The third kappa shape index (κ3) is 6.92. The fraction of sp³-hybridized carbons (Fsp3) is 0.571. The quantitative estimate of drug-likeness (QED) is 0.676. The summed E-state index contributed by atoms with van der Waals surface area (Å²) in [6.45, 7) is 1.14. The highest BCUT2D eigenvalue weighted by molar-refractivity contribution is 6.17. The molecule has 0 heterocycles. The van der Waals surface area contributed by atoms with E-state index in [4.69, 9.17) is 11.6 Å². The van der Waals surface area contributed by atoms with Crippen LogP contribution in [0.1, 0.15) is 30.7 Å². The average Bonchev–Trinajstić information content (AvgIpc) is 2.30. The van der Waals surface area contributed by atoms with Gasteiger partial charge >= 0.3 is 0 Å². The van der Waals surface area contributed by atoms with Gasteiger partial charge in [0.1, 0.15) is 0 Å². The summed E-state index contributed by atoms with van der Waals surface area (Å²) in [7, 11) is 4.26. The maximum absolute atomic E-state index is 5.79. The Bertz CT molecular complexity index is 275. The summed E-state index contributed by atoms with van der Waals surface area (Å²) in [5.41, 5.74) is 1.45. The Labute approximate surface area is 117 Å². The summed E-state index contributed by atoms with van der Waals surface area (Å²) in [5.74, 6) is 1.42. The maximum atomic E-state index is 5.79. The minimum atomic E-state index is 0. The molecule has 0 aliphatic heterocycles. The van der Waals surface area contributed by atoms with Crippen LogP contribution in [-0.4, -0.2) is 31.4 Å². The van der Waals surface area contributed by atoms with Crippen LogP contribution in [0.4, 0.5) is 0 Å². The van der Waals surface area contributed by atoms with E-state index in [1.165, 1.54) is 18.4 Å². The van der Waals surface area contributed by atoms with E-state index in [0.717, 1.165) is 18.8 Å². The predicted molar refractivity (Wildman–Crippen MR) is 79.6 cm³/mol. The molecule has 1 unspecified atom stereocenters. The lowest BCUT2D eigenvalue weighted by atomic mass is 9.91. The second-order valence-electron chi connectivity index (χ2n) is 4.53. The number of nitrogens with zero attached hydrogens (tertiary/aromatic N) is 1. The zero-order chi connectivity index (χ0) is 11.8. The van der Waals surface area contributed by atoms with Gasteiger partial charge < -0.3 is 4.90 Å². The maximum Gasteiger partial charge on any atom is 0.0223 e. The number of alkyl halides is 1. The zero-order valence-electron chi connectivity index (χ0n) is 10.7. The molecule has 0 bridgehead atoms. The van der Waals surface area contributed by atoms with Gasteiger partial charge in [0.25, 0.3) is 0 Å². The third-order valence-electron chi connectivity index (χ3n) is 2.88. The fourth-order valence-corrected chi connectivity index (χ4v) is 2.09. The van der Waals surface area contributed by atoms with Crippen molar-refractivity contribution in [2.24, 2.45) is 0 Å². The van der Waals surface area contributed by atoms with Crippen LogP contribution in [0.25, 0.3) is 0 Å². The molecule has 0 saturated carbocycles. The van der Waals surface area contributed by atoms with Crippen molar-refractivity contribution in [1.82, 2.24) is 4.90 Å². The van der Waals surface area contributed by atoms with Gasteiger partial charge in [0, 0.05) is 5.88 Å². The van der Waals surface area contributed by atoms with Crippen molar-refractivity contribution >= 4 is 24.0 Å². The fourth-order valence-electron chi connectivity index (χ4n) is 1.94. The summed E-state index contributed by atoms with van der Waals surface area (Å²) in [5, 5.41) is 0. The monoisotopic (exact) mass is 275 g/mol. The number of benzene rings is 1. The predicted octanol–water partition coefficient (Wildman–Crippen LogP) is 4.16. The van der Waals surface area contributed by atoms with E-state index in [-0.39, 0.29) is 12.4 Å². The Morgan fingerprint density at radius 2 is 1.76 bits per heavy atom. The van der Waals surface area contributed by atoms with E-state index in [2.05, 4.69) is 49.3 Å². The minimum absolute atomic E-state index is 0. The first-order valence-corrected chi connectivity index (χ1v) is 6.53. The first kappa shape index (κ1) is 16.8. The molecule has 1 rings (SSSR count). The van der Waals surface area contributed by atoms with E-state index in [0.29, 0.717) is 5.92 Å². The molecule has 3 heteroatoms. The highest BCUT2D eigenvalue weighted by atomic mass is 35.5. The lowest BCUT2D eigenvalue weighted by molar-refractivity contribution is 0.374. The molecule has 1 aromatic carbocycles. The largest absolute Gasteiger partial charge is 0.309 e. The summed E-state index contributed by atoms with van der Waals surface area (Å²) in [6.07, 6.45) is 3.52. The van der Waals surface area contributed by atoms with Crippen molar-refractivity contribution in [3.05, 3.63) is 35.9 Å². The second kappa shape index (κ2) is 9.76. The molecule has 0 amide bonds. The summed E-state index contributed by atoms with van der Waals surface area (Å²) < 4.78 is 0. The summed E-state index contributed by atoms with van der Waals surface area (Å²) in [6, 6.07) is 10.8. The highest BCUT2D eigenvalue weighted by Gasteiger charge is 2.10. The van der Waals surface area contributed by atoms with Crippen molar-refractivity contribution in [2.75, 3.05) is 26.5 Å². The Morgan fingerprint density at radius 1 is 1.12 bits per heavy atom. The topological polar surface area (TPSA) is 3.24 Å². The van der Waals surface area contributed by atoms with Crippen LogP contribution in [0.15, 0.2) is 30.3 Å².